The SMILES string of the molecule is Cc1ccc2nnn(CC[C@H](C(=O)O)[C@H](O)CCc3ccc(-c4cnn(C)c4)cc3F)c(=O)c2c1. The van der Waals surface area contributed by atoms with Crippen molar-refractivity contribution < 1.29 is 19.4 Å². The number of benzene rings is 2. The highest BCUT2D eigenvalue weighted by Crippen LogP contribution is 2.23. The van der Waals surface area contributed by atoms with Gasteiger partial charge in [-0.25, -0.2) is 9.07 Å². The minimum atomic E-state index is -1.23. The zero-order valence-corrected chi connectivity index (χ0v) is 19.4. The van der Waals surface area contributed by atoms with Gasteiger partial charge in [0.15, 0.2) is 0 Å². The molecule has 0 bridgehead atoms. The topological polar surface area (TPSA) is 123 Å². The first kappa shape index (κ1) is 24.2. The molecule has 2 aromatic carbocycles. The number of carbonyl (C=O) groups is 1. The highest BCUT2D eigenvalue weighted by Gasteiger charge is 2.27. The molecule has 10 heteroatoms. The Bertz CT molecular complexity index is 1430. The molecule has 0 aliphatic carbocycles. The number of hydrogen-bond acceptors (Lipinski definition) is 6. The van der Waals surface area contributed by atoms with Crippen LogP contribution in [-0.4, -0.2) is 47.1 Å². The van der Waals surface area contributed by atoms with E-state index in [0.29, 0.717) is 22.0 Å². The van der Waals surface area contributed by atoms with E-state index in [2.05, 4.69) is 15.4 Å². The highest BCUT2D eigenvalue weighted by molar-refractivity contribution is 5.77. The molecular formula is C25H26FN5O4. The number of hydrogen-bond donors (Lipinski definition) is 2. The van der Waals surface area contributed by atoms with E-state index in [4.69, 9.17) is 0 Å². The molecule has 0 aliphatic rings. The maximum Gasteiger partial charge on any atom is 0.309 e. The fourth-order valence-corrected chi connectivity index (χ4v) is 4.08. The van der Waals surface area contributed by atoms with E-state index < -0.39 is 23.8 Å². The molecule has 0 radical (unpaired) electrons. The minimum Gasteiger partial charge on any atom is -0.481 e. The number of aryl methyl sites for hydroxylation is 4. The van der Waals surface area contributed by atoms with Gasteiger partial charge in [-0.3, -0.25) is 14.3 Å². The quantitative estimate of drug-likeness (QED) is 0.378. The molecule has 2 N–H and O–H groups in total. The minimum absolute atomic E-state index is 0.0160. The zero-order valence-electron chi connectivity index (χ0n) is 19.4. The summed E-state index contributed by atoms with van der Waals surface area (Å²) in [4.78, 5) is 24.5. The Balaban J connectivity index is 1.42. The summed E-state index contributed by atoms with van der Waals surface area (Å²) in [5, 5.41) is 32.6. The Kier molecular flexibility index (Phi) is 7.02. The maximum atomic E-state index is 14.6. The van der Waals surface area contributed by atoms with Gasteiger partial charge in [-0.15, -0.1) is 5.10 Å². The molecule has 9 nitrogen and oxygen atoms in total. The number of carboxylic acid groups (broad SMARTS) is 1. The van der Waals surface area contributed by atoms with Crippen LogP contribution in [0.25, 0.3) is 22.0 Å². The van der Waals surface area contributed by atoms with Gasteiger partial charge in [-0.1, -0.05) is 29.0 Å². The number of aliphatic carboxylic acids is 1. The van der Waals surface area contributed by atoms with Crippen LogP contribution < -0.4 is 5.56 Å². The molecule has 4 aromatic rings. The number of halogens is 1. The fraction of sp³-hybridized carbons (Fsp3) is 0.320. The summed E-state index contributed by atoms with van der Waals surface area (Å²) in [6, 6.07) is 10.0. The van der Waals surface area contributed by atoms with Gasteiger partial charge in [0, 0.05) is 25.4 Å². The van der Waals surface area contributed by atoms with Crippen molar-refractivity contribution in [2.75, 3.05) is 0 Å². The number of aliphatic hydroxyl groups excluding tert-OH is 1. The van der Waals surface area contributed by atoms with E-state index in [9.17, 15) is 24.2 Å². The average Bonchev–Trinajstić information content (AvgIpc) is 3.26. The van der Waals surface area contributed by atoms with Crippen molar-refractivity contribution in [3.63, 3.8) is 0 Å². The van der Waals surface area contributed by atoms with Crippen LogP contribution >= 0.6 is 0 Å². The monoisotopic (exact) mass is 479 g/mol. The molecule has 4 rings (SSSR count). The lowest BCUT2D eigenvalue weighted by molar-refractivity contribution is -0.146. The predicted octanol–water partition coefficient (Wildman–Crippen LogP) is 2.72. The van der Waals surface area contributed by atoms with E-state index >= 15 is 0 Å². The van der Waals surface area contributed by atoms with Crippen LogP contribution in [0.4, 0.5) is 4.39 Å². The van der Waals surface area contributed by atoms with Gasteiger partial charge < -0.3 is 10.2 Å². The van der Waals surface area contributed by atoms with Gasteiger partial charge in [0.25, 0.3) is 5.56 Å². The molecule has 35 heavy (non-hydrogen) atoms. The first-order chi connectivity index (χ1) is 16.7. The van der Waals surface area contributed by atoms with Crippen LogP contribution in [0, 0.1) is 18.7 Å². The van der Waals surface area contributed by atoms with Crippen molar-refractivity contribution in [1.82, 2.24) is 24.8 Å². The predicted molar refractivity (Wildman–Crippen MR) is 127 cm³/mol. The van der Waals surface area contributed by atoms with Gasteiger partial charge in [-0.05, 0) is 55.5 Å². The molecule has 2 aromatic heterocycles. The fourth-order valence-electron chi connectivity index (χ4n) is 4.08. The number of rotatable bonds is 9. The number of fused-ring (bicyclic) bond motifs is 1. The molecule has 182 valence electrons. The largest absolute Gasteiger partial charge is 0.481 e. The Labute approximate surface area is 200 Å². The van der Waals surface area contributed by atoms with Crippen molar-refractivity contribution in [3.05, 3.63) is 76.1 Å². The van der Waals surface area contributed by atoms with Crippen LogP contribution in [-0.2, 0) is 24.8 Å². The molecule has 0 saturated carbocycles. The third-order valence-electron chi connectivity index (χ3n) is 6.11. The van der Waals surface area contributed by atoms with E-state index in [0.717, 1.165) is 15.8 Å². The van der Waals surface area contributed by atoms with E-state index in [-0.39, 0.29) is 31.4 Å². The number of aliphatic hydroxyl groups is 1. The Hall–Kier alpha value is -3.92. The lowest BCUT2D eigenvalue weighted by Gasteiger charge is -2.19. The molecule has 2 atom stereocenters. The molecule has 0 amide bonds. The highest BCUT2D eigenvalue weighted by atomic mass is 19.1. The number of aromatic nitrogens is 5. The van der Waals surface area contributed by atoms with Crippen molar-refractivity contribution >= 4 is 16.9 Å². The molecule has 0 aliphatic heterocycles. The number of carboxylic acids is 1. The molecule has 2 heterocycles. The lowest BCUT2D eigenvalue weighted by atomic mass is 9.93. The number of nitrogens with zero attached hydrogens (tertiary/aromatic N) is 5. The van der Waals surface area contributed by atoms with E-state index in [1.807, 2.05) is 13.0 Å². The third kappa shape index (κ3) is 5.43. The summed E-state index contributed by atoms with van der Waals surface area (Å²) in [6.07, 6.45) is 2.39. The molecule has 0 fully saturated rings. The van der Waals surface area contributed by atoms with Crippen LogP contribution in [0.2, 0.25) is 0 Å². The standard InChI is InChI=1S/C25H26FN5O4/c1-15-3-7-22-20(11-15)24(33)31(29-28-22)10-9-19(25(34)35)23(32)8-6-16-4-5-17(12-21(16)26)18-13-27-30(2)14-18/h3-5,7,11-14,19,23,32H,6,8-10H2,1-2H3,(H,34,35)/t19-,23+/m0/s1. The van der Waals surface area contributed by atoms with Crippen LogP contribution in [0.1, 0.15) is 24.0 Å². The van der Waals surface area contributed by atoms with Gasteiger partial charge in [-0.2, -0.15) is 5.10 Å². The second-order valence-electron chi connectivity index (χ2n) is 8.69. The van der Waals surface area contributed by atoms with Gasteiger partial charge >= 0.3 is 5.97 Å². The molecule has 0 saturated heterocycles. The van der Waals surface area contributed by atoms with Crippen LogP contribution in [0.5, 0.6) is 0 Å². The van der Waals surface area contributed by atoms with Gasteiger partial charge in [0.2, 0.25) is 0 Å². The van der Waals surface area contributed by atoms with Gasteiger partial charge in [0.1, 0.15) is 11.3 Å². The van der Waals surface area contributed by atoms with E-state index in [1.54, 1.807) is 48.4 Å². The Morgan fingerprint density at radius 3 is 2.63 bits per heavy atom. The summed E-state index contributed by atoms with van der Waals surface area (Å²) in [5.74, 6) is -2.77. The second kappa shape index (κ2) is 10.1. The normalized spacial score (nSPS) is 13.1. The summed E-state index contributed by atoms with van der Waals surface area (Å²) in [7, 11) is 1.78. The van der Waals surface area contributed by atoms with Crippen molar-refractivity contribution in [2.24, 2.45) is 13.0 Å². The van der Waals surface area contributed by atoms with Crippen LogP contribution in [0.3, 0.4) is 0 Å². The summed E-state index contributed by atoms with van der Waals surface area (Å²) in [6.45, 7) is 1.84. The zero-order chi connectivity index (χ0) is 25.1. The van der Waals surface area contributed by atoms with Crippen molar-refractivity contribution in [1.29, 1.82) is 0 Å². The lowest BCUT2D eigenvalue weighted by Crippen LogP contribution is -2.32. The van der Waals surface area contributed by atoms with Crippen molar-refractivity contribution in [2.45, 2.75) is 38.8 Å². The molecular weight excluding hydrogens is 453 g/mol. The van der Waals surface area contributed by atoms with E-state index in [1.165, 1.54) is 6.07 Å². The maximum absolute atomic E-state index is 14.6. The molecule has 0 unspecified atom stereocenters. The van der Waals surface area contributed by atoms with Gasteiger partial charge in [0.05, 0.1) is 23.6 Å². The Morgan fingerprint density at radius 2 is 1.94 bits per heavy atom. The summed E-state index contributed by atoms with van der Waals surface area (Å²) >= 11 is 0. The average molecular weight is 480 g/mol. The second-order valence-corrected chi connectivity index (χ2v) is 8.69. The first-order valence-electron chi connectivity index (χ1n) is 11.3. The Morgan fingerprint density at radius 1 is 1.14 bits per heavy atom. The van der Waals surface area contributed by atoms with Crippen molar-refractivity contribution in [3.8, 4) is 11.1 Å². The van der Waals surface area contributed by atoms with Crippen LogP contribution in [0.15, 0.2) is 53.6 Å². The smallest absolute Gasteiger partial charge is 0.309 e. The summed E-state index contributed by atoms with van der Waals surface area (Å²) in [5.41, 5.74) is 2.84. The summed E-state index contributed by atoms with van der Waals surface area (Å²) < 4.78 is 17.4. The third-order valence-corrected chi connectivity index (χ3v) is 6.11. The first-order valence-corrected chi connectivity index (χ1v) is 11.3. The molecule has 0 spiro atoms.